The maximum Gasteiger partial charge on any atom is 0.394 e. The minimum atomic E-state index is -4.13. The van der Waals surface area contributed by atoms with Gasteiger partial charge in [-0.1, -0.05) is 11.6 Å². The third kappa shape index (κ3) is 3.01. The van der Waals surface area contributed by atoms with Crippen LogP contribution in [0.4, 0.5) is 19.0 Å². The summed E-state index contributed by atoms with van der Waals surface area (Å²) in [5.41, 5.74) is 1.32. The van der Waals surface area contributed by atoms with Gasteiger partial charge in [0.15, 0.2) is 5.82 Å². The third-order valence-corrected chi connectivity index (χ3v) is 10.2. The highest BCUT2D eigenvalue weighted by Gasteiger charge is 2.80. The summed E-state index contributed by atoms with van der Waals surface area (Å²) in [4.78, 5) is 13.4. The molecule has 11 heteroatoms. The van der Waals surface area contributed by atoms with E-state index in [1.54, 1.807) is 12.4 Å². The second-order valence-electron chi connectivity index (χ2n) is 12.4. The molecule has 0 atom stereocenters. The molecule has 1 saturated heterocycles. The normalized spacial score (nSPS) is 29.4. The van der Waals surface area contributed by atoms with E-state index in [2.05, 4.69) is 34.5 Å². The van der Waals surface area contributed by atoms with Crippen molar-refractivity contribution in [1.29, 1.82) is 0 Å². The van der Waals surface area contributed by atoms with Crippen LogP contribution >= 0.6 is 11.6 Å². The van der Waals surface area contributed by atoms with Gasteiger partial charge in [0, 0.05) is 53.9 Å². The Bertz CT molecular complexity index is 1450. The smallest absolute Gasteiger partial charge is 0.354 e. The maximum atomic E-state index is 13.6. The summed E-state index contributed by atoms with van der Waals surface area (Å²) in [7, 11) is 0. The summed E-state index contributed by atoms with van der Waals surface area (Å²) in [5.74, 6) is 3.01. The van der Waals surface area contributed by atoms with Gasteiger partial charge in [0.05, 0.1) is 23.3 Å². The van der Waals surface area contributed by atoms with E-state index in [1.807, 2.05) is 25.1 Å². The topological polar surface area (TPSA) is 63.0 Å². The van der Waals surface area contributed by atoms with Gasteiger partial charge in [0.2, 0.25) is 0 Å². The minimum Gasteiger partial charge on any atom is -0.354 e. The number of rotatable bonds is 3. The Morgan fingerprint density at radius 1 is 1.00 bits per heavy atom. The number of benzene rings is 1. The van der Waals surface area contributed by atoms with Crippen LogP contribution in [-0.4, -0.2) is 54.4 Å². The molecule has 2 bridgehead atoms. The van der Waals surface area contributed by atoms with Gasteiger partial charge in [-0.2, -0.15) is 13.2 Å². The number of hydrogen-bond donors (Lipinski definition) is 0. The quantitative estimate of drug-likeness (QED) is 0.454. The summed E-state index contributed by atoms with van der Waals surface area (Å²) in [6, 6.07) is 5.83. The molecule has 1 spiro atoms. The maximum absolute atomic E-state index is 13.6. The summed E-state index contributed by atoms with van der Waals surface area (Å²) in [5, 5.41) is 9.89. The van der Waals surface area contributed by atoms with Gasteiger partial charge in [0.25, 0.3) is 0 Å². The Morgan fingerprint density at radius 3 is 2.45 bits per heavy atom. The van der Waals surface area contributed by atoms with Crippen LogP contribution in [-0.2, 0) is 13.1 Å². The van der Waals surface area contributed by atoms with Crippen molar-refractivity contribution in [1.82, 2.24) is 29.6 Å². The SMILES string of the molecule is Cc1nccnc1N1CC2(CC(c3nnc4n3-c3ccc(Cl)cc3CN(C35CC(C(F)(F)F)(C3)C5)C4)C2)C1. The molecule has 4 heterocycles. The van der Waals surface area contributed by atoms with Crippen molar-refractivity contribution in [2.75, 3.05) is 18.0 Å². The van der Waals surface area contributed by atoms with Crippen LogP contribution in [0.5, 0.6) is 0 Å². The first-order valence-electron chi connectivity index (χ1n) is 13.2. The first-order valence-corrected chi connectivity index (χ1v) is 13.5. The largest absolute Gasteiger partial charge is 0.394 e. The predicted molar refractivity (Wildman–Crippen MR) is 134 cm³/mol. The van der Waals surface area contributed by atoms with Crippen LogP contribution < -0.4 is 4.90 Å². The molecule has 1 aromatic carbocycles. The van der Waals surface area contributed by atoms with Crippen LogP contribution in [0.15, 0.2) is 30.6 Å². The van der Waals surface area contributed by atoms with Crippen LogP contribution in [0.1, 0.15) is 60.9 Å². The predicted octanol–water partition coefficient (Wildman–Crippen LogP) is 5.20. The molecule has 0 amide bonds. The number of alkyl halides is 3. The third-order valence-electron chi connectivity index (χ3n) is 9.94. The molecule has 7 nitrogen and oxygen atoms in total. The van der Waals surface area contributed by atoms with Crippen molar-refractivity contribution in [3.05, 3.63) is 58.5 Å². The fourth-order valence-electron chi connectivity index (χ4n) is 8.05. The number of nitrogens with zero attached hydrogens (tertiary/aromatic N) is 7. The number of anilines is 1. The average molecular weight is 542 g/mol. The second kappa shape index (κ2) is 7.27. The molecule has 4 saturated carbocycles. The van der Waals surface area contributed by atoms with E-state index in [0.717, 1.165) is 60.3 Å². The number of aryl methyl sites for hydroxylation is 1. The molecule has 6 aliphatic rings. The van der Waals surface area contributed by atoms with Gasteiger partial charge < -0.3 is 4.90 Å². The summed E-state index contributed by atoms with van der Waals surface area (Å²) >= 11 is 6.39. The molecule has 0 N–H and O–H groups in total. The summed E-state index contributed by atoms with van der Waals surface area (Å²) in [6.07, 6.45) is 1.92. The summed E-state index contributed by atoms with van der Waals surface area (Å²) < 4.78 is 42.9. The van der Waals surface area contributed by atoms with Gasteiger partial charge in [-0.05, 0) is 62.8 Å². The lowest BCUT2D eigenvalue weighted by atomic mass is 9.38. The van der Waals surface area contributed by atoms with Gasteiger partial charge in [-0.25, -0.2) is 4.98 Å². The molecular weight excluding hydrogens is 515 g/mol. The molecule has 0 unspecified atom stereocenters. The lowest BCUT2D eigenvalue weighted by Crippen LogP contribution is -2.78. The first-order chi connectivity index (χ1) is 18.1. The Hall–Kier alpha value is -2.72. The zero-order valence-corrected chi connectivity index (χ0v) is 21.7. The van der Waals surface area contributed by atoms with Crippen LogP contribution in [0, 0.1) is 17.8 Å². The standard InChI is InChI=1S/C27H27ClF3N7/c1-16-22(33-5-4-32-16)36-14-24(15-36)7-18(8-24)23-35-34-21-10-37(26-11-25(12-26,13-26)27(29,30)31)9-17-6-19(28)2-3-20(17)38(21)23/h2-6,18H,7-15H2,1H3. The average Bonchev–Trinajstić information content (AvgIpc) is 3.06. The molecule has 4 aliphatic carbocycles. The summed E-state index contributed by atoms with van der Waals surface area (Å²) in [6.45, 7) is 4.98. The van der Waals surface area contributed by atoms with Gasteiger partial charge in [-0.15, -0.1) is 10.2 Å². The highest BCUT2D eigenvalue weighted by molar-refractivity contribution is 6.30. The van der Waals surface area contributed by atoms with E-state index in [0.29, 0.717) is 24.0 Å². The number of halogens is 4. The van der Waals surface area contributed by atoms with Crippen LogP contribution in [0.2, 0.25) is 5.02 Å². The van der Waals surface area contributed by atoms with Crippen molar-refractivity contribution in [3.8, 4) is 5.69 Å². The zero-order chi connectivity index (χ0) is 26.1. The van der Waals surface area contributed by atoms with Crippen molar-refractivity contribution < 1.29 is 13.2 Å². The van der Waals surface area contributed by atoms with Gasteiger partial charge in [0.1, 0.15) is 11.6 Å². The zero-order valence-electron chi connectivity index (χ0n) is 21.0. The molecule has 2 aliphatic heterocycles. The molecule has 5 fully saturated rings. The highest BCUT2D eigenvalue weighted by Crippen LogP contribution is 2.75. The van der Waals surface area contributed by atoms with E-state index in [4.69, 9.17) is 11.6 Å². The molecular formula is C27H27ClF3N7. The van der Waals surface area contributed by atoms with Crippen molar-refractivity contribution in [2.24, 2.45) is 10.8 Å². The Labute approximate surface area is 223 Å². The van der Waals surface area contributed by atoms with Crippen LogP contribution in [0.3, 0.4) is 0 Å². The van der Waals surface area contributed by atoms with E-state index >= 15 is 0 Å². The molecule has 0 radical (unpaired) electrons. The van der Waals surface area contributed by atoms with E-state index in [-0.39, 0.29) is 24.7 Å². The van der Waals surface area contributed by atoms with Crippen molar-refractivity contribution in [3.63, 3.8) is 0 Å². The lowest BCUT2D eigenvalue weighted by Gasteiger charge is -2.73. The van der Waals surface area contributed by atoms with E-state index in [9.17, 15) is 13.2 Å². The fourth-order valence-corrected chi connectivity index (χ4v) is 8.24. The Kier molecular flexibility index (Phi) is 4.44. The lowest BCUT2D eigenvalue weighted by molar-refractivity contribution is -0.364. The second-order valence-corrected chi connectivity index (χ2v) is 12.8. The van der Waals surface area contributed by atoms with Crippen LogP contribution in [0.25, 0.3) is 5.69 Å². The molecule has 2 aromatic heterocycles. The molecule has 9 rings (SSSR count). The number of hydrogen-bond acceptors (Lipinski definition) is 6. The highest BCUT2D eigenvalue weighted by atomic mass is 35.5. The number of aromatic nitrogens is 5. The molecule has 38 heavy (non-hydrogen) atoms. The van der Waals surface area contributed by atoms with Gasteiger partial charge >= 0.3 is 6.18 Å². The monoisotopic (exact) mass is 541 g/mol. The Balaban J connectivity index is 1.05. The van der Waals surface area contributed by atoms with Gasteiger partial charge in [-0.3, -0.25) is 14.5 Å². The molecule has 3 aromatic rings. The van der Waals surface area contributed by atoms with E-state index < -0.39 is 17.1 Å². The Morgan fingerprint density at radius 2 is 1.74 bits per heavy atom. The molecule has 198 valence electrons. The fraction of sp³-hybridized carbons (Fsp3) is 0.556. The van der Waals surface area contributed by atoms with E-state index in [1.165, 1.54) is 0 Å². The van der Waals surface area contributed by atoms with Crippen molar-refractivity contribution >= 4 is 17.4 Å². The first kappa shape index (κ1) is 23.2. The minimum absolute atomic E-state index is 0.174. The number of fused-ring (bicyclic) bond motifs is 3. The van der Waals surface area contributed by atoms with Crippen molar-refractivity contribution in [2.45, 2.75) is 69.8 Å².